The largest absolute Gasteiger partial charge is 0.331 e. The number of hydrogen-bond acceptors (Lipinski definition) is 3. The Balaban J connectivity index is 0.795. The molecule has 0 saturated heterocycles. The van der Waals surface area contributed by atoms with E-state index in [0.29, 0.717) is 0 Å². The Kier molecular flexibility index (Phi) is 8.83. The van der Waals surface area contributed by atoms with Gasteiger partial charge in [-0.3, -0.25) is 0 Å². The third-order valence-electron chi connectivity index (χ3n) is 14.7. The van der Waals surface area contributed by atoms with E-state index < -0.39 is 0 Å². The third kappa shape index (κ3) is 6.10. The van der Waals surface area contributed by atoms with Crippen LogP contribution in [0, 0.1) is 0 Å². The van der Waals surface area contributed by atoms with E-state index in [-0.39, 0.29) is 11.5 Å². The van der Waals surface area contributed by atoms with Gasteiger partial charge in [-0.1, -0.05) is 166 Å². The number of benzene rings is 9. The SMILES string of the molecule is CC1(C)c2cc(/C=C/c3ccc4c(ccc5cc(N6c7ccccc7CCc7ccccc76)ccc54)c3)ccc2-c2ccc(N3c4ccccc4N(C4C=CC=CC4)c4ccccc43)cc21. The number of hydrogen-bond donors (Lipinski definition) is 0. The van der Waals surface area contributed by atoms with E-state index in [1.165, 1.54) is 112 Å². The zero-order chi connectivity index (χ0) is 43.9. The maximum atomic E-state index is 2.52. The maximum Gasteiger partial charge on any atom is 0.0699 e. The smallest absolute Gasteiger partial charge is 0.0699 e. The first-order valence-electron chi connectivity index (χ1n) is 23.5. The van der Waals surface area contributed by atoms with E-state index in [2.05, 4.69) is 247 Å². The molecule has 2 aliphatic heterocycles. The third-order valence-corrected chi connectivity index (χ3v) is 14.7. The Labute approximate surface area is 387 Å². The van der Waals surface area contributed by atoms with Crippen LogP contribution in [0.1, 0.15) is 53.6 Å². The Morgan fingerprint density at radius 1 is 0.455 bits per heavy atom. The number of fused-ring (bicyclic) bond motifs is 10. The van der Waals surface area contributed by atoms with Gasteiger partial charge in [-0.15, -0.1) is 0 Å². The Morgan fingerprint density at radius 3 is 1.61 bits per heavy atom. The van der Waals surface area contributed by atoms with E-state index in [1.54, 1.807) is 0 Å². The molecule has 0 radical (unpaired) electrons. The number of aryl methyl sites for hydroxylation is 2. The van der Waals surface area contributed by atoms with Crippen molar-refractivity contribution in [2.24, 2.45) is 0 Å². The van der Waals surface area contributed by atoms with E-state index in [4.69, 9.17) is 0 Å². The van der Waals surface area contributed by atoms with Crippen LogP contribution in [-0.4, -0.2) is 6.04 Å². The molecule has 0 N–H and O–H groups in total. The molecule has 1 unspecified atom stereocenters. The van der Waals surface area contributed by atoms with Gasteiger partial charge in [0.1, 0.15) is 0 Å². The topological polar surface area (TPSA) is 9.72 Å². The highest BCUT2D eigenvalue weighted by molar-refractivity contribution is 6.09. The van der Waals surface area contributed by atoms with Crippen molar-refractivity contribution in [2.75, 3.05) is 14.7 Å². The molecular formula is C63H49N3. The first-order chi connectivity index (χ1) is 32.5. The molecule has 9 aromatic rings. The van der Waals surface area contributed by atoms with E-state index >= 15 is 0 Å². The summed E-state index contributed by atoms with van der Waals surface area (Å²) in [7, 11) is 0. The summed E-state index contributed by atoms with van der Waals surface area (Å²) in [5.41, 5.74) is 20.2. The standard InChI is InChI=1S/C63H49N3/c1-63(2)55-39-43(27-35-53(55)54-37-33-50(41-56(54)63)66-61-22-12-10-20-59(61)64(48-16-4-3-5-17-48)60-21-11-13-23-62(60)66)25-24-42-26-34-51-46(38-42)30-31-47-40-49(32-36-52(47)51)65-57-18-8-6-14-44(57)28-29-45-15-7-9-19-58(45)65/h3-16,18-27,30-41,48H,17,28-29H2,1-2H3/b25-24+. The molecule has 2 aliphatic carbocycles. The summed E-state index contributed by atoms with van der Waals surface area (Å²) < 4.78 is 0. The number of allylic oxidation sites excluding steroid dienone is 2. The zero-order valence-corrected chi connectivity index (χ0v) is 37.3. The molecule has 0 aromatic heterocycles. The molecular weight excluding hydrogens is 799 g/mol. The molecule has 3 nitrogen and oxygen atoms in total. The second-order valence-corrected chi connectivity index (χ2v) is 18.8. The van der Waals surface area contributed by atoms with Crippen LogP contribution < -0.4 is 14.7 Å². The predicted octanol–water partition coefficient (Wildman–Crippen LogP) is 16.8. The molecule has 66 heavy (non-hydrogen) atoms. The van der Waals surface area contributed by atoms with Crippen molar-refractivity contribution in [3.8, 4) is 11.1 Å². The van der Waals surface area contributed by atoms with Gasteiger partial charge in [-0.2, -0.15) is 0 Å². The van der Waals surface area contributed by atoms with Crippen molar-refractivity contribution in [1.82, 2.24) is 0 Å². The molecule has 3 heteroatoms. The van der Waals surface area contributed by atoms with Crippen molar-refractivity contribution >= 4 is 79.2 Å². The summed E-state index contributed by atoms with van der Waals surface area (Å²) in [6.45, 7) is 4.78. The minimum Gasteiger partial charge on any atom is -0.331 e. The molecule has 1 atom stereocenters. The van der Waals surface area contributed by atoms with Gasteiger partial charge in [-0.25, -0.2) is 0 Å². The van der Waals surface area contributed by atoms with Crippen LogP contribution in [0.15, 0.2) is 206 Å². The fourth-order valence-corrected chi connectivity index (χ4v) is 11.4. The van der Waals surface area contributed by atoms with Gasteiger partial charge in [0.25, 0.3) is 0 Å². The lowest BCUT2D eigenvalue weighted by Crippen LogP contribution is -2.34. The van der Waals surface area contributed by atoms with Crippen LogP contribution >= 0.6 is 0 Å². The van der Waals surface area contributed by atoms with Crippen molar-refractivity contribution < 1.29 is 0 Å². The lowest BCUT2D eigenvalue weighted by molar-refractivity contribution is 0.660. The Morgan fingerprint density at radius 2 is 0.955 bits per heavy atom. The summed E-state index contributed by atoms with van der Waals surface area (Å²) in [5.74, 6) is 0. The molecule has 316 valence electrons. The summed E-state index contributed by atoms with van der Waals surface area (Å²) in [4.78, 5) is 7.45. The average Bonchev–Trinajstić information content (AvgIpc) is 3.46. The molecule has 2 heterocycles. The lowest BCUT2D eigenvalue weighted by Gasteiger charge is -2.43. The van der Waals surface area contributed by atoms with Gasteiger partial charge in [-0.05, 0) is 152 Å². The molecule has 0 saturated carbocycles. The molecule has 0 spiro atoms. The van der Waals surface area contributed by atoms with Crippen molar-refractivity contribution in [1.29, 1.82) is 0 Å². The van der Waals surface area contributed by atoms with Crippen LogP contribution in [-0.2, 0) is 18.3 Å². The lowest BCUT2D eigenvalue weighted by atomic mass is 9.81. The van der Waals surface area contributed by atoms with Gasteiger partial charge in [0.2, 0.25) is 0 Å². The molecule has 4 aliphatic rings. The van der Waals surface area contributed by atoms with Crippen LogP contribution in [0.2, 0.25) is 0 Å². The molecule has 13 rings (SSSR count). The van der Waals surface area contributed by atoms with E-state index in [9.17, 15) is 0 Å². The summed E-state index contributed by atoms with van der Waals surface area (Å²) >= 11 is 0. The maximum absolute atomic E-state index is 2.52. The number of nitrogens with zero attached hydrogens (tertiary/aromatic N) is 3. The Hall–Kier alpha value is -7.88. The van der Waals surface area contributed by atoms with Crippen LogP contribution in [0.25, 0.3) is 44.8 Å². The Bertz CT molecular complexity index is 3440. The molecule has 0 amide bonds. The highest BCUT2D eigenvalue weighted by Crippen LogP contribution is 2.55. The van der Waals surface area contributed by atoms with Crippen LogP contribution in [0.3, 0.4) is 0 Å². The summed E-state index contributed by atoms with van der Waals surface area (Å²) in [6, 6.07) is 68.4. The van der Waals surface area contributed by atoms with E-state index in [0.717, 1.165) is 19.3 Å². The number of anilines is 8. The fourth-order valence-electron chi connectivity index (χ4n) is 11.4. The molecule has 9 aromatic carbocycles. The summed E-state index contributed by atoms with van der Waals surface area (Å²) in [5, 5.41) is 5.05. The highest BCUT2D eigenvalue weighted by atomic mass is 15.3. The zero-order valence-electron chi connectivity index (χ0n) is 37.3. The van der Waals surface area contributed by atoms with Crippen LogP contribution in [0.4, 0.5) is 45.5 Å². The minimum absolute atomic E-state index is 0.172. The van der Waals surface area contributed by atoms with E-state index in [1.807, 2.05) is 0 Å². The molecule has 0 bridgehead atoms. The normalized spacial score (nSPS) is 16.5. The van der Waals surface area contributed by atoms with Gasteiger partial charge >= 0.3 is 0 Å². The van der Waals surface area contributed by atoms with Gasteiger partial charge in [0, 0.05) is 28.2 Å². The second kappa shape index (κ2) is 15.1. The highest BCUT2D eigenvalue weighted by Gasteiger charge is 2.38. The summed E-state index contributed by atoms with van der Waals surface area (Å²) in [6.07, 6.45) is 16.6. The van der Waals surface area contributed by atoms with Crippen molar-refractivity contribution in [3.05, 3.63) is 240 Å². The second-order valence-electron chi connectivity index (χ2n) is 18.8. The van der Waals surface area contributed by atoms with Crippen molar-refractivity contribution in [3.63, 3.8) is 0 Å². The van der Waals surface area contributed by atoms with Gasteiger partial charge in [0.05, 0.1) is 28.8 Å². The van der Waals surface area contributed by atoms with Crippen LogP contribution in [0.5, 0.6) is 0 Å². The monoisotopic (exact) mass is 847 g/mol. The van der Waals surface area contributed by atoms with Gasteiger partial charge < -0.3 is 14.7 Å². The number of para-hydroxylation sites is 6. The fraction of sp³-hybridized carbons (Fsp3) is 0.111. The first-order valence-corrected chi connectivity index (χ1v) is 23.5. The van der Waals surface area contributed by atoms with Crippen molar-refractivity contribution in [2.45, 2.75) is 44.6 Å². The minimum atomic E-state index is -0.172. The predicted molar refractivity (Wildman–Crippen MR) is 280 cm³/mol. The number of rotatable bonds is 5. The first kappa shape index (κ1) is 38.6. The molecule has 0 fully saturated rings. The quantitative estimate of drug-likeness (QED) is 0.126. The van der Waals surface area contributed by atoms with Gasteiger partial charge in [0.15, 0.2) is 0 Å². The average molecular weight is 848 g/mol.